The van der Waals surface area contributed by atoms with Gasteiger partial charge >= 0.3 is 0 Å². The number of hydrogen-bond donors (Lipinski definition) is 0. The van der Waals surface area contributed by atoms with Crippen LogP contribution in [0.2, 0.25) is 0 Å². The summed E-state index contributed by atoms with van der Waals surface area (Å²) < 4.78 is 0. The van der Waals surface area contributed by atoms with Crippen LogP contribution in [0.5, 0.6) is 0 Å². The van der Waals surface area contributed by atoms with E-state index in [2.05, 4.69) is 119 Å². The Kier molecular flexibility index (Phi) is 20.8. The molecule has 4 aromatic carbocycles. The average molecular weight is 725 g/mol. The van der Waals surface area contributed by atoms with Crippen LogP contribution in [0.25, 0.3) is 28.3 Å². The molecule has 0 aliphatic heterocycles. The minimum atomic E-state index is 0.974. The highest BCUT2D eigenvalue weighted by Crippen LogP contribution is 2.35. The normalized spacial score (nSPS) is 11.7. The van der Waals surface area contributed by atoms with Gasteiger partial charge in [-0.1, -0.05) is 184 Å². The van der Waals surface area contributed by atoms with Gasteiger partial charge in [0.15, 0.2) is 0 Å². The zero-order valence-electron chi connectivity index (χ0n) is 34.7. The monoisotopic (exact) mass is 725 g/mol. The zero-order valence-corrected chi connectivity index (χ0v) is 34.7. The highest BCUT2D eigenvalue weighted by Gasteiger charge is 2.15. The topological polar surface area (TPSA) is 24.7 Å². The van der Waals surface area contributed by atoms with E-state index in [-0.39, 0.29) is 0 Å². The molecular formula is C52H72N2. The number of aryl methyl sites for hydroxylation is 3. The quantitative estimate of drug-likeness (QED) is 0.0432. The Balaban J connectivity index is 1.64. The van der Waals surface area contributed by atoms with Gasteiger partial charge in [-0.15, -0.1) is 0 Å². The van der Waals surface area contributed by atoms with Crippen molar-refractivity contribution < 1.29 is 0 Å². The fourth-order valence-electron chi connectivity index (χ4n) is 7.93. The van der Waals surface area contributed by atoms with Gasteiger partial charge in [0.2, 0.25) is 0 Å². The van der Waals surface area contributed by atoms with Crippen LogP contribution in [-0.4, -0.2) is 0 Å². The van der Waals surface area contributed by atoms with Gasteiger partial charge in [0, 0.05) is 0 Å². The van der Waals surface area contributed by atoms with E-state index in [0.717, 1.165) is 31.4 Å². The van der Waals surface area contributed by atoms with Crippen molar-refractivity contribution in [3.8, 4) is 22.3 Å². The Bertz CT molecular complexity index is 1650. The van der Waals surface area contributed by atoms with Crippen LogP contribution in [0.1, 0.15) is 171 Å². The van der Waals surface area contributed by atoms with Crippen LogP contribution in [0.4, 0.5) is 5.69 Å². The van der Waals surface area contributed by atoms with Crippen molar-refractivity contribution in [2.75, 3.05) is 0 Å². The lowest BCUT2D eigenvalue weighted by atomic mass is 9.87. The number of rotatable bonds is 27. The summed E-state index contributed by atoms with van der Waals surface area (Å²) in [5.74, 6) is 0. The predicted octanol–water partition coefficient (Wildman–Crippen LogP) is 17.0. The van der Waals surface area contributed by atoms with Crippen molar-refractivity contribution in [2.24, 2.45) is 10.2 Å². The summed E-state index contributed by atoms with van der Waals surface area (Å²) >= 11 is 0. The molecule has 4 aromatic rings. The SMILES string of the molecule is CCCCCCCCc1cc(N=NC=Cc2cc(CCCCCC)c(CCCCCCCC)c(-c3ccccc3)c2)cc(CCCC)c1-c1ccccc1. The summed E-state index contributed by atoms with van der Waals surface area (Å²) in [5.41, 5.74) is 13.6. The van der Waals surface area contributed by atoms with Crippen LogP contribution >= 0.6 is 0 Å². The lowest BCUT2D eigenvalue weighted by Crippen LogP contribution is -2.01. The van der Waals surface area contributed by atoms with Gasteiger partial charge < -0.3 is 0 Å². The molecule has 0 fully saturated rings. The fourth-order valence-corrected chi connectivity index (χ4v) is 7.93. The van der Waals surface area contributed by atoms with Crippen LogP contribution in [0.3, 0.4) is 0 Å². The second-order valence-corrected chi connectivity index (χ2v) is 15.6. The van der Waals surface area contributed by atoms with E-state index in [1.807, 2.05) is 6.20 Å². The molecule has 0 bridgehead atoms. The third-order valence-electron chi connectivity index (χ3n) is 11.0. The molecular weight excluding hydrogens is 653 g/mol. The summed E-state index contributed by atoms with van der Waals surface area (Å²) in [5, 5.41) is 9.56. The maximum atomic E-state index is 4.85. The van der Waals surface area contributed by atoms with E-state index in [0.29, 0.717) is 0 Å². The second-order valence-electron chi connectivity index (χ2n) is 15.6. The minimum absolute atomic E-state index is 0.974. The first-order chi connectivity index (χ1) is 26.7. The first-order valence-electron chi connectivity index (χ1n) is 22.2. The highest BCUT2D eigenvalue weighted by atomic mass is 15.1. The van der Waals surface area contributed by atoms with Gasteiger partial charge in [-0.25, -0.2) is 0 Å². The Morgan fingerprint density at radius 2 is 0.926 bits per heavy atom. The molecule has 0 spiro atoms. The van der Waals surface area contributed by atoms with Crippen LogP contribution in [0, 0.1) is 0 Å². The first kappa shape index (κ1) is 43.0. The average Bonchev–Trinajstić information content (AvgIpc) is 3.20. The summed E-state index contributed by atoms with van der Waals surface area (Å²) in [7, 11) is 0. The predicted molar refractivity (Wildman–Crippen MR) is 238 cm³/mol. The molecule has 54 heavy (non-hydrogen) atoms. The Labute approximate surface area is 331 Å². The molecule has 0 saturated heterocycles. The van der Waals surface area contributed by atoms with Crippen molar-refractivity contribution in [1.29, 1.82) is 0 Å². The molecule has 0 unspecified atom stereocenters. The molecule has 0 N–H and O–H groups in total. The summed E-state index contributed by atoms with van der Waals surface area (Å²) in [6.07, 6.45) is 31.8. The molecule has 0 amide bonds. The molecule has 290 valence electrons. The number of nitrogens with zero attached hydrogens (tertiary/aromatic N) is 2. The van der Waals surface area contributed by atoms with Crippen LogP contribution in [0.15, 0.2) is 101 Å². The van der Waals surface area contributed by atoms with Gasteiger partial charge in [-0.2, -0.15) is 10.2 Å². The Hall–Kier alpha value is -3.78. The molecule has 2 nitrogen and oxygen atoms in total. The van der Waals surface area contributed by atoms with Gasteiger partial charge in [-0.05, 0) is 126 Å². The minimum Gasteiger partial charge on any atom is -0.159 e. The van der Waals surface area contributed by atoms with Gasteiger partial charge in [0.1, 0.15) is 0 Å². The van der Waals surface area contributed by atoms with Crippen molar-refractivity contribution in [1.82, 2.24) is 0 Å². The Morgan fingerprint density at radius 3 is 1.52 bits per heavy atom. The fraction of sp³-hybridized carbons (Fsp3) is 0.500. The Morgan fingerprint density at radius 1 is 0.444 bits per heavy atom. The molecule has 0 aliphatic carbocycles. The standard InChI is InChI=1S/C52H72N2/c1-5-9-13-16-18-23-35-48-42-49(41-47(29-12-8-4)52(48)45-32-26-21-27-33-45)54-53-38-37-43-39-46(34-22-15-11-7-3)50(36-28-19-17-14-10-6-2)51(40-43)44-30-24-20-25-31-44/h20-21,24-27,30-33,37-42H,5-19,22-23,28-29,34-36H2,1-4H3. The summed E-state index contributed by atoms with van der Waals surface area (Å²) in [6.45, 7) is 9.18. The molecule has 0 heterocycles. The highest BCUT2D eigenvalue weighted by molar-refractivity contribution is 5.74. The molecule has 0 aliphatic rings. The van der Waals surface area contributed by atoms with Crippen LogP contribution < -0.4 is 0 Å². The zero-order chi connectivity index (χ0) is 38.1. The van der Waals surface area contributed by atoms with E-state index >= 15 is 0 Å². The first-order valence-corrected chi connectivity index (χ1v) is 22.2. The maximum Gasteiger partial charge on any atom is 0.0862 e. The number of benzene rings is 4. The summed E-state index contributed by atoms with van der Waals surface area (Å²) in [6, 6.07) is 31.6. The van der Waals surface area contributed by atoms with E-state index in [1.54, 1.807) is 5.56 Å². The molecule has 4 rings (SSSR count). The molecule has 0 radical (unpaired) electrons. The third-order valence-corrected chi connectivity index (χ3v) is 11.0. The van der Waals surface area contributed by atoms with Gasteiger partial charge in [0.25, 0.3) is 0 Å². The second kappa shape index (κ2) is 26.1. The smallest absolute Gasteiger partial charge is 0.0862 e. The van der Waals surface area contributed by atoms with E-state index < -0.39 is 0 Å². The molecule has 0 aromatic heterocycles. The van der Waals surface area contributed by atoms with Crippen molar-refractivity contribution in [3.05, 3.63) is 119 Å². The lowest BCUT2D eigenvalue weighted by molar-refractivity contribution is 0.605. The molecule has 0 atom stereocenters. The molecule has 0 saturated carbocycles. The lowest BCUT2D eigenvalue weighted by Gasteiger charge is -2.17. The maximum absolute atomic E-state index is 4.85. The molecule has 2 heteroatoms. The van der Waals surface area contributed by atoms with Crippen molar-refractivity contribution in [3.63, 3.8) is 0 Å². The van der Waals surface area contributed by atoms with E-state index in [1.165, 1.54) is 160 Å². The van der Waals surface area contributed by atoms with Crippen molar-refractivity contribution >= 4 is 11.8 Å². The number of azo groups is 1. The van der Waals surface area contributed by atoms with E-state index in [9.17, 15) is 0 Å². The number of unbranched alkanes of at least 4 members (excludes halogenated alkanes) is 14. The van der Waals surface area contributed by atoms with Crippen LogP contribution in [-0.2, 0) is 25.7 Å². The van der Waals surface area contributed by atoms with Gasteiger partial charge in [0.05, 0.1) is 11.9 Å². The number of hydrogen-bond acceptors (Lipinski definition) is 2. The summed E-state index contributed by atoms with van der Waals surface area (Å²) in [4.78, 5) is 0. The third kappa shape index (κ3) is 14.8. The largest absolute Gasteiger partial charge is 0.159 e. The van der Waals surface area contributed by atoms with Crippen molar-refractivity contribution in [2.45, 2.75) is 169 Å². The van der Waals surface area contributed by atoms with Gasteiger partial charge in [-0.3, -0.25) is 0 Å². The van der Waals surface area contributed by atoms with E-state index in [4.69, 9.17) is 10.2 Å².